The number of phenols is 1. The van der Waals surface area contributed by atoms with Crippen LogP contribution in [0.15, 0.2) is 18.2 Å². The van der Waals surface area contributed by atoms with E-state index in [0.717, 1.165) is 0 Å². The lowest BCUT2D eigenvalue weighted by molar-refractivity contribution is 0.0522. The number of Topliss-reactive ketones (excluding diaryl/α,β-unsaturated/α-hetero) is 1. The van der Waals surface area contributed by atoms with Crippen molar-refractivity contribution in [3.8, 4) is 5.75 Å². The number of esters is 1. The summed E-state index contributed by atoms with van der Waals surface area (Å²) in [5.74, 6) is -1.13. The van der Waals surface area contributed by atoms with Crippen LogP contribution in [0.1, 0.15) is 34.6 Å². The second kappa shape index (κ2) is 5.68. The minimum absolute atomic E-state index is 0.0318. The second-order valence-electron chi connectivity index (χ2n) is 3.43. The van der Waals surface area contributed by atoms with Crippen molar-refractivity contribution in [3.05, 3.63) is 29.3 Å². The van der Waals surface area contributed by atoms with Gasteiger partial charge in [0.25, 0.3) is 0 Å². The van der Waals surface area contributed by atoms with Crippen LogP contribution in [0, 0.1) is 0 Å². The van der Waals surface area contributed by atoms with Crippen molar-refractivity contribution in [2.75, 3.05) is 6.61 Å². The average Bonchev–Trinajstić information content (AvgIpc) is 2.28. The van der Waals surface area contributed by atoms with Crippen LogP contribution in [0.4, 0.5) is 0 Å². The zero-order valence-corrected chi connectivity index (χ0v) is 10.3. The molecule has 1 rings (SSSR count). The fraction of sp³-hybridized carbons (Fsp3) is 0.333. The number of hydrogen-bond donors (Lipinski definition) is 1. The first-order valence-electron chi connectivity index (χ1n) is 5.15. The number of alkyl halides is 1. The lowest BCUT2D eigenvalue weighted by Crippen LogP contribution is -2.17. The fourth-order valence-electron chi connectivity index (χ4n) is 1.34. The summed E-state index contributed by atoms with van der Waals surface area (Å²) < 4.78 is 4.81. The zero-order valence-electron chi connectivity index (χ0n) is 9.57. The van der Waals surface area contributed by atoms with Gasteiger partial charge in [0.2, 0.25) is 0 Å². The number of hydrogen-bond acceptors (Lipinski definition) is 4. The summed E-state index contributed by atoms with van der Waals surface area (Å²) in [6.45, 7) is 3.37. The van der Waals surface area contributed by atoms with Crippen molar-refractivity contribution >= 4 is 23.4 Å². The molecule has 0 amide bonds. The van der Waals surface area contributed by atoms with E-state index in [9.17, 15) is 14.7 Å². The smallest absolute Gasteiger partial charge is 0.338 e. The maximum absolute atomic E-state index is 11.8. The molecule has 0 spiro atoms. The molecular weight excluding hydrogens is 244 g/mol. The zero-order chi connectivity index (χ0) is 13.0. The summed E-state index contributed by atoms with van der Waals surface area (Å²) in [5, 5.41) is 8.58. The number of carbonyl (C=O) groups excluding carboxylic acids is 2. The molecule has 0 radical (unpaired) electrons. The SMILES string of the molecule is CCOC(=O)c1cc(O)ccc1C(=O)C(C)Cl. The first-order chi connectivity index (χ1) is 7.97. The summed E-state index contributed by atoms with van der Waals surface area (Å²) in [6, 6.07) is 3.89. The molecule has 92 valence electrons. The molecule has 1 atom stereocenters. The maximum Gasteiger partial charge on any atom is 0.338 e. The summed E-state index contributed by atoms with van der Waals surface area (Å²) in [6.07, 6.45) is 0. The maximum atomic E-state index is 11.8. The molecule has 0 aliphatic rings. The van der Waals surface area contributed by atoms with Crippen LogP contribution in [-0.2, 0) is 4.74 Å². The van der Waals surface area contributed by atoms with E-state index in [-0.39, 0.29) is 29.3 Å². The molecule has 0 aliphatic carbocycles. The second-order valence-corrected chi connectivity index (χ2v) is 4.09. The third kappa shape index (κ3) is 3.20. The predicted molar refractivity (Wildman–Crippen MR) is 63.7 cm³/mol. The monoisotopic (exact) mass is 256 g/mol. The highest BCUT2D eigenvalue weighted by molar-refractivity contribution is 6.34. The Kier molecular flexibility index (Phi) is 4.52. The van der Waals surface area contributed by atoms with Gasteiger partial charge in [-0.2, -0.15) is 0 Å². The van der Waals surface area contributed by atoms with Gasteiger partial charge in [-0.3, -0.25) is 4.79 Å². The number of aromatic hydroxyl groups is 1. The van der Waals surface area contributed by atoms with Crippen molar-refractivity contribution in [1.29, 1.82) is 0 Å². The molecule has 0 aliphatic heterocycles. The van der Waals surface area contributed by atoms with Gasteiger partial charge in [0, 0.05) is 5.56 Å². The van der Waals surface area contributed by atoms with E-state index in [1.165, 1.54) is 25.1 Å². The third-order valence-corrected chi connectivity index (χ3v) is 2.32. The Morgan fingerprint density at radius 1 is 1.41 bits per heavy atom. The van der Waals surface area contributed by atoms with Gasteiger partial charge in [-0.05, 0) is 32.0 Å². The normalized spacial score (nSPS) is 11.9. The summed E-state index contributed by atoms with van der Waals surface area (Å²) in [5.41, 5.74) is 0.188. The Labute approximate surface area is 104 Å². The predicted octanol–water partition coefficient (Wildman–Crippen LogP) is 2.38. The van der Waals surface area contributed by atoms with Crippen LogP contribution < -0.4 is 0 Å². The number of halogens is 1. The first kappa shape index (κ1) is 13.5. The standard InChI is InChI=1S/C12H13ClO4/c1-3-17-12(16)10-6-8(14)4-5-9(10)11(15)7(2)13/h4-7,14H,3H2,1-2H3. The van der Waals surface area contributed by atoms with Gasteiger partial charge in [0.05, 0.1) is 17.5 Å². The highest BCUT2D eigenvalue weighted by Crippen LogP contribution is 2.20. The Morgan fingerprint density at radius 3 is 2.59 bits per heavy atom. The van der Waals surface area contributed by atoms with Crippen LogP contribution in [-0.4, -0.2) is 28.8 Å². The number of ketones is 1. The molecule has 1 N–H and O–H groups in total. The molecule has 0 bridgehead atoms. The third-order valence-electron chi connectivity index (χ3n) is 2.13. The molecule has 0 fully saturated rings. The lowest BCUT2D eigenvalue weighted by Gasteiger charge is -2.09. The van der Waals surface area contributed by atoms with Crippen LogP contribution in [0.25, 0.3) is 0 Å². The van der Waals surface area contributed by atoms with Gasteiger partial charge < -0.3 is 9.84 Å². The van der Waals surface area contributed by atoms with Crippen LogP contribution in [0.5, 0.6) is 5.75 Å². The largest absolute Gasteiger partial charge is 0.508 e. The van der Waals surface area contributed by atoms with E-state index < -0.39 is 11.3 Å². The molecule has 4 nitrogen and oxygen atoms in total. The van der Waals surface area contributed by atoms with Crippen LogP contribution in [0.3, 0.4) is 0 Å². The Morgan fingerprint density at radius 2 is 2.06 bits per heavy atom. The summed E-state index contributed by atoms with van der Waals surface area (Å²) in [4.78, 5) is 23.4. The molecule has 17 heavy (non-hydrogen) atoms. The van der Waals surface area contributed by atoms with Crippen molar-refractivity contribution in [2.45, 2.75) is 19.2 Å². The molecule has 1 aromatic carbocycles. The van der Waals surface area contributed by atoms with Gasteiger partial charge >= 0.3 is 5.97 Å². The van der Waals surface area contributed by atoms with E-state index in [2.05, 4.69) is 0 Å². The molecule has 0 saturated carbocycles. The number of ether oxygens (including phenoxy) is 1. The molecule has 1 aromatic rings. The Hall–Kier alpha value is -1.55. The minimum Gasteiger partial charge on any atom is -0.508 e. The quantitative estimate of drug-likeness (QED) is 0.510. The van der Waals surface area contributed by atoms with E-state index in [1.807, 2.05) is 0 Å². The average molecular weight is 257 g/mol. The molecule has 0 saturated heterocycles. The minimum atomic E-state index is -0.743. The Balaban J connectivity index is 3.21. The molecular formula is C12H13ClO4. The van der Waals surface area contributed by atoms with Crippen molar-refractivity contribution < 1.29 is 19.4 Å². The fourth-order valence-corrected chi connectivity index (χ4v) is 1.46. The van der Waals surface area contributed by atoms with Gasteiger partial charge in [-0.15, -0.1) is 11.6 Å². The number of rotatable bonds is 4. The number of carbonyl (C=O) groups is 2. The van der Waals surface area contributed by atoms with Gasteiger partial charge in [0.15, 0.2) is 5.78 Å². The number of phenolic OH excluding ortho intramolecular Hbond substituents is 1. The summed E-state index contributed by atoms with van der Waals surface area (Å²) in [7, 11) is 0. The van der Waals surface area contributed by atoms with Crippen molar-refractivity contribution in [1.82, 2.24) is 0 Å². The highest BCUT2D eigenvalue weighted by atomic mass is 35.5. The number of benzene rings is 1. The molecule has 1 unspecified atom stereocenters. The van der Waals surface area contributed by atoms with E-state index in [4.69, 9.17) is 16.3 Å². The van der Waals surface area contributed by atoms with Crippen molar-refractivity contribution in [3.63, 3.8) is 0 Å². The van der Waals surface area contributed by atoms with E-state index >= 15 is 0 Å². The molecule has 0 aromatic heterocycles. The van der Waals surface area contributed by atoms with E-state index in [0.29, 0.717) is 0 Å². The van der Waals surface area contributed by atoms with Gasteiger partial charge in [0.1, 0.15) is 5.75 Å². The molecule has 0 heterocycles. The van der Waals surface area contributed by atoms with E-state index in [1.54, 1.807) is 6.92 Å². The van der Waals surface area contributed by atoms with Gasteiger partial charge in [-0.25, -0.2) is 4.79 Å². The summed E-state index contributed by atoms with van der Waals surface area (Å²) >= 11 is 5.69. The van der Waals surface area contributed by atoms with Crippen molar-refractivity contribution in [2.24, 2.45) is 0 Å². The first-order valence-corrected chi connectivity index (χ1v) is 5.59. The highest BCUT2D eigenvalue weighted by Gasteiger charge is 2.21. The Bertz CT molecular complexity index is 440. The molecule has 5 heteroatoms. The van der Waals surface area contributed by atoms with Crippen LogP contribution in [0.2, 0.25) is 0 Å². The lowest BCUT2D eigenvalue weighted by atomic mass is 10.0. The van der Waals surface area contributed by atoms with Gasteiger partial charge in [-0.1, -0.05) is 0 Å². The topological polar surface area (TPSA) is 63.6 Å². The van der Waals surface area contributed by atoms with Crippen LogP contribution >= 0.6 is 11.6 Å².